The molecule has 1 heterocycles. The number of hydrogen-bond acceptors (Lipinski definition) is 4. The maximum Gasteiger partial charge on any atom is 0.335 e. The second-order valence-corrected chi connectivity index (χ2v) is 8.77. The Hall–Kier alpha value is -1.93. The summed E-state index contributed by atoms with van der Waals surface area (Å²) in [5.41, 5.74) is 0.0438. The molecule has 1 aromatic carbocycles. The number of amides is 1. The van der Waals surface area contributed by atoms with Crippen LogP contribution < -0.4 is 0 Å². The van der Waals surface area contributed by atoms with Crippen molar-refractivity contribution in [3.05, 3.63) is 29.8 Å². The Morgan fingerprint density at radius 1 is 1.00 bits per heavy atom. The Bertz CT molecular complexity index is 747. The average molecular weight is 397 g/mol. The molecule has 1 aromatic rings. The van der Waals surface area contributed by atoms with Crippen molar-refractivity contribution >= 4 is 21.9 Å². The minimum absolute atomic E-state index is 0.0201. The number of rotatable bonds is 8. The van der Waals surface area contributed by atoms with Gasteiger partial charge in [-0.05, 0) is 37.1 Å². The summed E-state index contributed by atoms with van der Waals surface area (Å²) in [6, 6.07) is 5.20. The van der Waals surface area contributed by atoms with Crippen LogP contribution in [0.2, 0.25) is 0 Å². The summed E-state index contributed by atoms with van der Waals surface area (Å²) in [5.74, 6) is -0.951. The molecule has 1 saturated heterocycles. The molecule has 1 aliphatic heterocycles. The van der Waals surface area contributed by atoms with Gasteiger partial charge >= 0.3 is 5.97 Å². The fourth-order valence-electron chi connectivity index (χ4n) is 3.41. The van der Waals surface area contributed by atoms with E-state index in [1.807, 2.05) is 0 Å². The SMILES string of the molecule is CCCC(CCC)C(=O)N1CCN(S(=O)(=O)c2ccc(C(=O)O)cc2)CC1. The van der Waals surface area contributed by atoms with E-state index in [1.54, 1.807) is 4.90 Å². The van der Waals surface area contributed by atoms with Crippen LogP contribution in [-0.2, 0) is 14.8 Å². The number of benzene rings is 1. The highest BCUT2D eigenvalue weighted by atomic mass is 32.2. The van der Waals surface area contributed by atoms with Gasteiger partial charge < -0.3 is 10.0 Å². The first-order valence-corrected chi connectivity index (χ1v) is 10.9. The molecule has 1 N–H and O–H groups in total. The molecule has 0 radical (unpaired) electrons. The van der Waals surface area contributed by atoms with E-state index in [2.05, 4.69) is 13.8 Å². The van der Waals surface area contributed by atoms with Gasteiger partial charge in [-0.2, -0.15) is 4.31 Å². The minimum atomic E-state index is -3.69. The highest BCUT2D eigenvalue weighted by molar-refractivity contribution is 7.89. The molecule has 1 amide bonds. The Morgan fingerprint density at radius 3 is 1.96 bits per heavy atom. The van der Waals surface area contributed by atoms with E-state index >= 15 is 0 Å². The third-order valence-corrected chi connectivity index (χ3v) is 6.83. The summed E-state index contributed by atoms with van der Waals surface area (Å²) in [5, 5.41) is 8.93. The normalized spacial score (nSPS) is 15.9. The molecule has 0 atom stereocenters. The molecule has 0 saturated carbocycles. The topological polar surface area (TPSA) is 95.0 Å². The Morgan fingerprint density at radius 2 is 1.52 bits per heavy atom. The van der Waals surface area contributed by atoms with Crippen molar-refractivity contribution in [2.24, 2.45) is 5.92 Å². The fraction of sp³-hybridized carbons (Fsp3) is 0.579. The van der Waals surface area contributed by atoms with Gasteiger partial charge in [0, 0.05) is 32.1 Å². The van der Waals surface area contributed by atoms with Crippen LogP contribution in [0.4, 0.5) is 0 Å². The van der Waals surface area contributed by atoms with Crippen molar-refractivity contribution in [3.8, 4) is 0 Å². The Labute approximate surface area is 161 Å². The summed E-state index contributed by atoms with van der Waals surface area (Å²) in [7, 11) is -3.69. The monoisotopic (exact) mass is 396 g/mol. The summed E-state index contributed by atoms with van der Waals surface area (Å²) in [6.45, 7) is 5.40. The van der Waals surface area contributed by atoms with Crippen molar-refractivity contribution in [3.63, 3.8) is 0 Å². The molecule has 150 valence electrons. The molecule has 1 aliphatic rings. The molecule has 0 unspecified atom stereocenters. The summed E-state index contributed by atoms with van der Waals surface area (Å²) in [4.78, 5) is 25.5. The number of piperazine rings is 1. The van der Waals surface area contributed by atoms with E-state index in [-0.39, 0.29) is 35.4 Å². The first kappa shape index (κ1) is 21.4. The lowest BCUT2D eigenvalue weighted by atomic mass is 9.96. The molecule has 0 bridgehead atoms. The molecule has 0 aromatic heterocycles. The lowest BCUT2D eigenvalue weighted by Gasteiger charge is -2.35. The van der Waals surface area contributed by atoms with Gasteiger partial charge in [0.05, 0.1) is 10.5 Å². The third kappa shape index (κ3) is 5.07. The van der Waals surface area contributed by atoms with Crippen LogP contribution in [0.3, 0.4) is 0 Å². The van der Waals surface area contributed by atoms with Crippen LogP contribution in [0.5, 0.6) is 0 Å². The molecule has 0 aliphatic carbocycles. The Kier molecular flexibility index (Phi) is 7.38. The van der Waals surface area contributed by atoms with Gasteiger partial charge in [0.2, 0.25) is 15.9 Å². The average Bonchev–Trinajstić information content (AvgIpc) is 2.67. The molecule has 1 fully saturated rings. The maximum absolute atomic E-state index is 12.8. The molecule has 8 heteroatoms. The molecular weight excluding hydrogens is 368 g/mol. The number of carboxylic acid groups (broad SMARTS) is 1. The van der Waals surface area contributed by atoms with Gasteiger partial charge in [0.15, 0.2) is 0 Å². The standard InChI is InChI=1S/C19H28N2O5S/c1-3-5-15(6-4-2)18(22)20-11-13-21(14-12-20)27(25,26)17-9-7-16(8-10-17)19(23)24/h7-10,15H,3-6,11-14H2,1-2H3,(H,23,24). The van der Waals surface area contributed by atoms with Crippen LogP contribution in [0.15, 0.2) is 29.2 Å². The predicted molar refractivity (Wildman–Crippen MR) is 102 cm³/mol. The lowest BCUT2D eigenvalue weighted by Crippen LogP contribution is -2.51. The van der Waals surface area contributed by atoms with Gasteiger partial charge in [-0.15, -0.1) is 0 Å². The highest BCUT2D eigenvalue weighted by Gasteiger charge is 2.32. The smallest absolute Gasteiger partial charge is 0.335 e. The van der Waals surface area contributed by atoms with Gasteiger partial charge in [-0.25, -0.2) is 13.2 Å². The van der Waals surface area contributed by atoms with Gasteiger partial charge in [-0.1, -0.05) is 26.7 Å². The number of nitrogens with zero attached hydrogens (tertiary/aromatic N) is 2. The van der Waals surface area contributed by atoms with E-state index in [9.17, 15) is 18.0 Å². The summed E-state index contributed by atoms with van der Waals surface area (Å²) >= 11 is 0. The molecule has 0 spiro atoms. The van der Waals surface area contributed by atoms with Gasteiger partial charge in [0.1, 0.15) is 0 Å². The predicted octanol–water partition coefficient (Wildman–Crippen LogP) is 2.43. The number of sulfonamides is 1. The van der Waals surface area contributed by atoms with Crippen molar-refractivity contribution < 1.29 is 23.1 Å². The highest BCUT2D eigenvalue weighted by Crippen LogP contribution is 2.21. The molecule has 27 heavy (non-hydrogen) atoms. The van der Waals surface area contributed by atoms with E-state index < -0.39 is 16.0 Å². The van der Waals surface area contributed by atoms with Crippen LogP contribution in [-0.4, -0.2) is 60.8 Å². The summed E-state index contributed by atoms with van der Waals surface area (Å²) < 4.78 is 26.9. The van der Waals surface area contributed by atoms with Crippen LogP contribution in [0.25, 0.3) is 0 Å². The summed E-state index contributed by atoms with van der Waals surface area (Å²) in [6.07, 6.45) is 3.64. The van der Waals surface area contributed by atoms with Crippen molar-refractivity contribution in [1.29, 1.82) is 0 Å². The third-order valence-electron chi connectivity index (χ3n) is 4.91. The van der Waals surface area contributed by atoms with Crippen LogP contribution in [0.1, 0.15) is 49.9 Å². The number of aromatic carboxylic acids is 1. The first-order chi connectivity index (χ1) is 12.8. The number of carboxylic acids is 1. The zero-order valence-electron chi connectivity index (χ0n) is 15.9. The van der Waals surface area contributed by atoms with Crippen molar-refractivity contribution in [1.82, 2.24) is 9.21 Å². The number of carbonyl (C=O) groups excluding carboxylic acids is 1. The molecular formula is C19H28N2O5S. The molecule has 2 rings (SSSR count). The van der Waals surface area contributed by atoms with Crippen LogP contribution in [0, 0.1) is 5.92 Å². The second-order valence-electron chi connectivity index (χ2n) is 6.83. The van der Waals surface area contributed by atoms with E-state index in [0.29, 0.717) is 13.1 Å². The first-order valence-electron chi connectivity index (χ1n) is 9.43. The number of hydrogen-bond donors (Lipinski definition) is 1. The Balaban J connectivity index is 2.03. The second kappa shape index (κ2) is 9.32. The van der Waals surface area contributed by atoms with Gasteiger partial charge in [-0.3, -0.25) is 4.79 Å². The maximum atomic E-state index is 12.8. The van der Waals surface area contributed by atoms with Crippen molar-refractivity contribution in [2.75, 3.05) is 26.2 Å². The minimum Gasteiger partial charge on any atom is -0.478 e. The quantitative estimate of drug-likeness (QED) is 0.728. The number of carbonyl (C=O) groups is 2. The van der Waals surface area contributed by atoms with Crippen molar-refractivity contribution in [2.45, 2.75) is 44.4 Å². The van der Waals surface area contributed by atoms with E-state index in [1.165, 1.54) is 28.6 Å². The van der Waals surface area contributed by atoms with Gasteiger partial charge in [0.25, 0.3) is 0 Å². The zero-order chi connectivity index (χ0) is 20.0. The largest absolute Gasteiger partial charge is 0.478 e. The van der Waals surface area contributed by atoms with Crippen LogP contribution >= 0.6 is 0 Å². The molecule has 7 nitrogen and oxygen atoms in total. The van der Waals surface area contributed by atoms with E-state index in [4.69, 9.17) is 5.11 Å². The van der Waals surface area contributed by atoms with E-state index in [0.717, 1.165) is 25.7 Å². The fourth-order valence-corrected chi connectivity index (χ4v) is 4.84. The lowest BCUT2D eigenvalue weighted by molar-refractivity contribution is -0.137. The zero-order valence-corrected chi connectivity index (χ0v) is 16.7.